The van der Waals surface area contributed by atoms with Gasteiger partial charge in [0.1, 0.15) is 11.6 Å². The smallest absolute Gasteiger partial charge is 0.128 e. The Morgan fingerprint density at radius 1 is 1.50 bits per heavy atom. The fraction of sp³-hybridized carbons (Fsp3) is 0.200. The molecule has 0 bridgehead atoms. The predicted octanol–water partition coefficient (Wildman–Crippen LogP) is 3.00. The molecular weight excluding hydrogens is 205 g/mol. The summed E-state index contributed by atoms with van der Waals surface area (Å²) in [7, 11) is 1.50. The minimum atomic E-state index is -0.332. The Kier molecular flexibility index (Phi) is 4.26. The molecule has 0 aliphatic heterocycles. The van der Waals surface area contributed by atoms with Gasteiger partial charge in [-0.05, 0) is 6.07 Å². The van der Waals surface area contributed by atoms with E-state index in [1.54, 1.807) is 12.1 Å². The standard InChI is InChI=1S/C10H11ClFNO/c1-14-10-6-8(12)5-9(7-10)13-4-2-3-11/h2-3,5-7,13H,4H2,1H3/b3-2+. The van der Waals surface area contributed by atoms with Crippen molar-refractivity contribution < 1.29 is 9.13 Å². The topological polar surface area (TPSA) is 21.3 Å². The minimum absolute atomic E-state index is 0.332. The van der Waals surface area contributed by atoms with Gasteiger partial charge >= 0.3 is 0 Å². The van der Waals surface area contributed by atoms with E-state index in [2.05, 4.69) is 5.32 Å². The van der Waals surface area contributed by atoms with Crippen LogP contribution in [0.15, 0.2) is 29.8 Å². The number of halogens is 2. The van der Waals surface area contributed by atoms with Crippen molar-refractivity contribution in [3.05, 3.63) is 35.6 Å². The Labute approximate surface area is 87.3 Å². The lowest BCUT2D eigenvalue weighted by Gasteiger charge is -2.06. The summed E-state index contributed by atoms with van der Waals surface area (Å²) in [6.07, 6.45) is 1.72. The van der Waals surface area contributed by atoms with Crippen LogP contribution in [0.3, 0.4) is 0 Å². The zero-order chi connectivity index (χ0) is 10.4. The molecule has 0 aliphatic rings. The number of rotatable bonds is 4. The van der Waals surface area contributed by atoms with E-state index in [1.165, 1.54) is 24.8 Å². The van der Waals surface area contributed by atoms with Crippen LogP contribution in [0.25, 0.3) is 0 Å². The summed E-state index contributed by atoms with van der Waals surface area (Å²) >= 11 is 5.34. The third kappa shape index (κ3) is 3.26. The van der Waals surface area contributed by atoms with Gasteiger partial charge in [0.2, 0.25) is 0 Å². The number of methoxy groups -OCH3 is 1. The van der Waals surface area contributed by atoms with Crippen LogP contribution in [0, 0.1) is 5.82 Å². The molecule has 4 heteroatoms. The number of hydrogen-bond acceptors (Lipinski definition) is 2. The number of ether oxygens (including phenoxy) is 1. The average Bonchev–Trinajstić information content (AvgIpc) is 2.17. The van der Waals surface area contributed by atoms with Crippen LogP contribution in [0.2, 0.25) is 0 Å². The second-order valence-corrected chi connectivity index (χ2v) is 2.87. The lowest BCUT2D eigenvalue weighted by molar-refractivity contribution is 0.411. The van der Waals surface area contributed by atoms with E-state index in [0.29, 0.717) is 18.0 Å². The normalized spacial score (nSPS) is 10.5. The molecule has 1 rings (SSSR count). The first-order chi connectivity index (χ1) is 6.76. The average molecular weight is 216 g/mol. The van der Waals surface area contributed by atoms with Crippen LogP contribution in [-0.4, -0.2) is 13.7 Å². The molecule has 1 aromatic rings. The van der Waals surface area contributed by atoms with Gasteiger partial charge in [0.15, 0.2) is 0 Å². The van der Waals surface area contributed by atoms with Crippen LogP contribution in [0.4, 0.5) is 10.1 Å². The molecule has 1 aromatic carbocycles. The van der Waals surface area contributed by atoms with Gasteiger partial charge in [-0.15, -0.1) is 0 Å². The summed E-state index contributed by atoms with van der Waals surface area (Å²) in [5.74, 6) is 0.157. The molecule has 0 saturated heterocycles. The molecular formula is C10H11ClFNO. The Balaban J connectivity index is 2.71. The van der Waals surface area contributed by atoms with Gasteiger partial charge in [-0.1, -0.05) is 17.7 Å². The SMILES string of the molecule is COc1cc(F)cc(NC/C=C/Cl)c1. The fourth-order valence-corrected chi connectivity index (χ4v) is 1.09. The summed E-state index contributed by atoms with van der Waals surface area (Å²) in [5, 5.41) is 2.97. The number of benzene rings is 1. The first kappa shape index (κ1) is 10.9. The first-order valence-corrected chi connectivity index (χ1v) is 4.53. The van der Waals surface area contributed by atoms with Crippen LogP contribution < -0.4 is 10.1 Å². The van der Waals surface area contributed by atoms with E-state index in [0.717, 1.165) is 0 Å². The highest BCUT2D eigenvalue weighted by Gasteiger charge is 1.99. The maximum atomic E-state index is 13.0. The highest BCUT2D eigenvalue weighted by molar-refractivity contribution is 6.25. The van der Waals surface area contributed by atoms with Crippen molar-refractivity contribution >= 4 is 17.3 Å². The molecule has 76 valence electrons. The second kappa shape index (κ2) is 5.50. The minimum Gasteiger partial charge on any atom is -0.497 e. The van der Waals surface area contributed by atoms with E-state index >= 15 is 0 Å². The number of hydrogen-bond donors (Lipinski definition) is 1. The Bertz CT molecular complexity index is 328. The molecule has 0 radical (unpaired) electrons. The summed E-state index contributed by atoms with van der Waals surface area (Å²) in [5.41, 5.74) is 2.07. The largest absolute Gasteiger partial charge is 0.497 e. The molecule has 0 amide bonds. The summed E-state index contributed by atoms with van der Waals surface area (Å²) in [6.45, 7) is 0.552. The number of nitrogens with one attached hydrogen (secondary N) is 1. The first-order valence-electron chi connectivity index (χ1n) is 4.10. The second-order valence-electron chi connectivity index (χ2n) is 2.62. The Morgan fingerprint density at radius 3 is 2.93 bits per heavy atom. The van der Waals surface area contributed by atoms with Crippen molar-refractivity contribution in [1.29, 1.82) is 0 Å². The molecule has 2 nitrogen and oxygen atoms in total. The van der Waals surface area contributed by atoms with Crippen molar-refractivity contribution in [2.45, 2.75) is 0 Å². The van der Waals surface area contributed by atoms with Crippen LogP contribution >= 0.6 is 11.6 Å². The van der Waals surface area contributed by atoms with E-state index < -0.39 is 0 Å². The third-order valence-electron chi connectivity index (χ3n) is 1.62. The maximum Gasteiger partial charge on any atom is 0.128 e. The quantitative estimate of drug-likeness (QED) is 0.834. The lowest BCUT2D eigenvalue weighted by atomic mass is 10.3. The molecule has 0 unspecified atom stereocenters. The summed E-state index contributed by atoms with van der Waals surface area (Å²) in [6, 6.07) is 4.43. The van der Waals surface area contributed by atoms with Crippen molar-refractivity contribution in [2.24, 2.45) is 0 Å². The molecule has 0 fully saturated rings. The molecule has 14 heavy (non-hydrogen) atoms. The van der Waals surface area contributed by atoms with E-state index in [9.17, 15) is 4.39 Å². The van der Waals surface area contributed by atoms with E-state index in [4.69, 9.17) is 16.3 Å². The third-order valence-corrected chi connectivity index (χ3v) is 1.80. The van der Waals surface area contributed by atoms with Crippen LogP contribution in [-0.2, 0) is 0 Å². The molecule has 0 heterocycles. The van der Waals surface area contributed by atoms with Crippen molar-refractivity contribution in [2.75, 3.05) is 19.0 Å². The highest BCUT2D eigenvalue weighted by Crippen LogP contribution is 2.19. The molecule has 0 saturated carbocycles. The highest BCUT2D eigenvalue weighted by atomic mass is 35.5. The molecule has 0 atom stereocenters. The summed E-state index contributed by atoms with van der Waals surface area (Å²) < 4.78 is 17.9. The van der Waals surface area contributed by atoms with Gasteiger partial charge < -0.3 is 10.1 Å². The Hall–Kier alpha value is -1.22. The maximum absolute atomic E-state index is 13.0. The van der Waals surface area contributed by atoms with Gasteiger partial charge in [0.05, 0.1) is 7.11 Å². The van der Waals surface area contributed by atoms with Gasteiger partial charge in [-0.3, -0.25) is 0 Å². The molecule has 0 aromatic heterocycles. The van der Waals surface area contributed by atoms with Gasteiger partial charge in [-0.25, -0.2) is 4.39 Å². The van der Waals surface area contributed by atoms with E-state index in [1.807, 2.05) is 0 Å². The molecule has 0 aliphatic carbocycles. The van der Waals surface area contributed by atoms with Gasteiger partial charge in [-0.2, -0.15) is 0 Å². The Morgan fingerprint density at radius 2 is 2.29 bits per heavy atom. The molecule has 0 spiro atoms. The van der Waals surface area contributed by atoms with Gasteiger partial charge in [0.25, 0.3) is 0 Å². The number of anilines is 1. The lowest BCUT2D eigenvalue weighted by Crippen LogP contribution is -1.98. The monoisotopic (exact) mass is 215 g/mol. The molecule has 1 N–H and O–H groups in total. The fourth-order valence-electron chi connectivity index (χ4n) is 1.00. The van der Waals surface area contributed by atoms with Crippen LogP contribution in [0.1, 0.15) is 0 Å². The van der Waals surface area contributed by atoms with Crippen molar-refractivity contribution in [1.82, 2.24) is 0 Å². The van der Waals surface area contributed by atoms with Crippen LogP contribution in [0.5, 0.6) is 5.75 Å². The zero-order valence-electron chi connectivity index (χ0n) is 7.76. The van der Waals surface area contributed by atoms with Crippen molar-refractivity contribution in [3.8, 4) is 5.75 Å². The van der Waals surface area contributed by atoms with Crippen molar-refractivity contribution in [3.63, 3.8) is 0 Å². The predicted molar refractivity (Wildman–Crippen MR) is 56.4 cm³/mol. The van der Waals surface area contributed by atoms with E-state index in [-0.39, 0.29) is 5.82 Å². The summed E-state index contributed by atoms with van der Waals surface area (Å²) in [4.78, 5) is 0. The zero-order valence-corrected chi connectivity index (χ0v) is 8.51. The van der Waals surface area contributed by atoms with Gasteiger partial charge in [0, 0.05) is 29.9 Å².